The standard InChI is InChI=1S/C35H35ClF8N10O3/c1-32(2,34(39,40)41)13-14-46-30(45)52(29(55)20-5-3-19(4-6-20)24-16-48-54(51-24)22-8-9-22)26(17-57-31(56)50-33(11-12-33)35(42,43)44)21-7-10-23(36)25(15-21)53-28(27(37)38)47-18-49-53/h3-7,10,15-16,18,22,26-27H,8-9,11-14,17H2,1-2H3,(H2,45,46)(H,50,56)/t26-/m1/s1. The lowest BCUT2D eigenvalue weighted by Crippen LogP contribution is -2.49. The number of hydrogen-bond acceptors (Lipinski definition) is 8. The number of ether oxygens (including phenoxy) is 1. The van der Waals surface area contributed by atoms with Crippen LogP contribution in [0.15, 0.2) is 60.0 Å². The van der Waals surface area contributed by atoms with Gasteiger partial charge < -0.3 is 15.8 Å². The Kier molecular flexibility index (Phi) is 11.3. The fraction of sp³-hybridized carbons (Fsp3) is 0.457. The summed E-state index contributed by atoms with van der Waals surface area (Å²) in [5.41, 5.74) is 2.41. The minimum Gasteiger partial charge on any atom is -0.447 e. The number of nitrogens with zero attached hydrogens (tertiary/aromatic N) is 8. The van der Waals surface area contributed by atoms with Crippen LogP contribution < -0.4 is 11.1 Å². The van der Waals surface area contributed by atoms with Crippen LogP contribution in [0.1, 0.15) is 86.2 Å². The fourth-order valence-electron chi connectivity index (χ4n) is 5.68. The molecule has 2 aromatic heterocycles. The average Bonchev–Trinajstić information content (AvgIpc) is 4.04. The zero-order valence-corrected chi connectivity index (χ0v) is 30.9. The van der Waals surface area contributed by atoms with Crippen molar-refractivity contribution in [2.75, 3.05) is 13.2 Å². The average molecular weight is 831 g/mol. The molecule has 2 heterocycles. The topological polar surface area (TPSA) is 158 Å². The minimum atomic E-state index is -4.81. The van der Waals surface area contributed by atoms with Gasteiger partial charge in [0, 0.05) is 17.7 Å². The third-order valence-electron chi connectivity index (χ3n) is 9.72. The van der Waals surface area contributed by atoms with Gasteiger partial charge in [0.15, 0.2) is 11.8 Å². The van der Waals surface area contributed by atoms with Gasteiger partial charge in [-0.3, -0.25) is 14.7 Å². The molecule has 0 saturated heterocycles. The molecule has 2 aliphatic rings. The number of benzene rings is 2. The first-order chi connectivity index (χ1) is 26.7. The smallest absolute Gasteiger partial charge is 0.411 e. The van der Waals surface area contributed by atoms with E-state index in [1.54, 1.807) is 23.1 Å². The lowest BCUT2D eigenvalue weighted by atomic mass is 9.89. The van der Waals surface area contributed by atoms with Gasteiger partial charge >= 0.3 is 18.4 Å². The molecule has 4 aromatic rings. The molecular weight excluding hydrogens is 796 g/mol. The number of aliphatic imine (C=N–C) groups is 1. The Hall–Kier alpha value is -5.34. The lowest BCUT2D eigenvalue weighted by Gasteiger charge is -2.32. The first-order valence-corrected chi connectivity index (χ1v) is 17.8. The Morgan fingerprint density at radius 1 is 1.07 bits per heavy atom. The molecule has 57 heavy (non-hydrogen) atoms. The monoisotopic (exact) mass is 830 g/mol. The number of nitrogens with two attached hydrogens (primary N) is 1. The van der Waals surface area contributed by atoms with Crippen molar-refractivity contribution in [3.63, 3.8) is 0 Å². The van der Waals surface area contributed by atoms with Gasteiger partial charge in [-0.1, -0.05) is 43.6 Å². The van der Waals surface area contributed by atoms with E-state index in [1.165, 1.54) is 30.3 Å². The molecule has 2 amide bonds. The van der Waals surface area contributed by atoms with Gasteiger partial charge in [0.05, 0.1) is 34.4 Å². The third kappa shape index (κ3) is 8.97. The fourth-order valence-corrected chi connectivity index (χ4v) is 5.88. The second-order valence-electron chi connectivity index (χ2n) is 14.3. The van der Waals surface area contributed by atoms with Crippen LogP contribution in [0, 0.1) is 5.41 Å². The molecular formula is C35H35ClF8N10O3. The summed E-state index contributed by atoms with van der Waals surface area (Å²) in [4.78, 5) is 37.4. The molecule has 3 N–H and O–H groups in total. The highest BCUT2D eigenvalue weighted by molar-refractivity contribution is 6.32. The second kappa shape index (κ2) is 15.5. The molecule has 0 spiro atoms. The summed E-state index contributed by atoms with van der Waals surface area (Å²) in [5, 5.41) is 14.2. The van der Waals surface area contributed by atoms with Gasteiger partial charge in [0.2, 0.25) is 0 Å². The zero-order valence-electron chi connectivity index (χ0n) is 30.2. The van der Waals surface area contributed by atoms with Crippen LogP contribution in [0.4, 0.5) is 39.9 Å². The number of aromatic nitrogens is 6. The number of carbonyl (C=O) groups excluding carboxylic acids is 2. The quantitative estimate of drug-likeness (QED) is 0.0787. The maximum Gasteiger partial charge on any atom is 0.411 e. The minimum absolute atomic E-state index is 0.0368. The summed E-state index contributed by atoms with van der Waals surface area (Å²) < 4.78 is 116. The van der Waals surface area contributed by atoms with E-state index in [4.69, 9.17) is 22.1 Å². The van der Waals surface area contributed by atoms with E-state index in [1.807, 2.05) is 5.32 Å². The van der Waals surface area contributed by atoms with Gasteiger partial charge in [-0.2, -0.15) is 46.4 Å². The number of alkyl halides is 8. The summed E-state index contributed by atoms with van der Waals surface area (Å²) in [6, 6.07) is 8.18. The number of hydrogen-bond donors (Lipinski definition) is 2. The van der Waals surface area contributed by atoms with E-state index >= 15 is 0 Å². The normalized spacial score (nSPS) is 16.4. The van der Waals surface area contributed by atoms with Crippen molar-refractivity contribution in [3.05, 3.63) is 77.0 Å². The van der Waals surface area contributed by atoms with E-state index in [-0.39, 0.29) is 27.9 Å². The van der Waals surface area contributed by atoms with Crippen molar-refractivity contribution >= 4 is 29.6 Å². The lowest BCUT2D eigenvalue weighted by molar-refractivity contribution is -0.212. The first-order valence-electron chi connectivity index (χ1n) is 17.4. The SMILES string of the molecule is CC(C)(CCN=C(N)N(C(=O)c1ccc(-c2cnn(C3CC3)n2)cc1)[C@H](COC(=O)NC1(C(F)(F)F)CC1)c1ccc(Cl)c(-n2ncnc2C(F)F)c1)C(F)(F)F. The summed E-state index contributed by atoms with van der Waals surface area (Å²) in [7, 11) is 0. The zero-order chi connectivity index (χ0) is 41.5. The molecule has 2 aliphatic carbocycles. The number of nitrogens with one attached hydrogen (secondary N) is 1. The highest BCUT2D eigenvalue weighted by atomic mass is 35.5. The summed E-state index contributed by atoms with van der Waals surface area (Å²) >= 11 is 6.39. The highest BCUT2D eigenvalue weighted by Gasteiger charge is 2.64. The number of amides is 2. The van der Waals surface area contributed by atoms with Crippen LogP contribution in [0.25, 0.3) is 16.9 Å². The second-order valence-corrected chi connectivity index (χ2v) is 14.7. The molecule has 13 nitrogen and oxygen atoms in total. The predicted molar refractivity (Wildman–Crippen MR) is 187 cm³/mol. The van der Waals surface area contributed by atoms with E-state index in [0.717, 1.165) is 37.9 Å². The van der Waals surface area contributed by atoms with Crippen LogP contribution in [0.3, 0.4) is 0 Å². The Labute approximate surface area is 324 Å². The van der Waals surface area contributed by atoms with Gasteiger partial charge in [-0.15, -0.1) is 0 Å². The maximum atomic E-state index is 14.5. The molecule has 2 saturated carbocycles. The Bertz CT molecular complexity index is 2130. The van der Waals surface area contributed by atoms with Crippen LogP contribution in [-0.4, -0.2) is 83.7 Å². The van der Waals surface area contributed by atoms with Gasteiger partial charge in [-0.05, 0) is 61.9 Å². The van der Waals surface area contributed by atoms with Crippen LogP contribution in [0.5, 0.6) is 0 Å². The highest BCUT2D eigenvalue weighted by Crippen LogP contribution is 2.49. The van der Waals surface area contributed by atoms with E-state index in [0.29, 0.717) is 15.9 Å². The number of halogens is 9. The van der Waals surface area contributed by atoms with Crippen LogP contribution in [0.2, 0.25) is 5.02 Å². The Morgan fingerprint density at radius 2 is 1.75 bits per heavy atom. The molecule has 0 bridgehead atoms. The predicted octanol–water partition coefficient (Wildman–Crippen LogP) is 7.75. The number of rotatable bonds is 13. The largest absolute Gasteiger partial charge is 0.447 e. The van der Waals surface area contributed by atoms with Crippen LogP contribution >= 0.6 is 11.6 Å². The molecule has 0 radical (unpaired) electrons. The van der Waals surface area contributed by atoms with Crippen molar-refractivity contribution in [1.29, 1.82) is 0 Å². The Balaban J connectivity index is 1.40. The van der Waals surface area contributed by atoms with E-state index in [2.05, 4.69) is 25.3 Å². The van der Waals surface area contributed by atoms with Crippen molar-refractivity contribution in [2.45, 2.75) is 82.4 Å². The van der Waals surface area contributed by atoms with Crippen LogP contribution in [-0.2, 0) is 4.74 Å². The van der Waals surface area contributed by atoms with Crippen molar-refractivity contribution in [2.24, 2.45) is 16.1 Å². The molecule has 6 rings (SSSR count). The third-order valence-corrected chi connectivity index (χ3v) is 10.0. The molecule has 306 valence electrons. The summed E-state index contributed by atoms with van der Waals surface area (Å²) in [5.74, 6) is -2.42. The van der Waals surface area contributed by atoms with Gasteiger partial charge in [-0.25, -0.2) is 23.2 Å². The molecule has 2 aromatic carbocycles. The van der Waals surface area contributed by atoms with Gasteiger partial charge in [0.25, 0.3) is 12.3 Å². The number of carbonyl (C=O) groups is 2. The maximum absolute atomic E-state index is 14.5. The number of guanidine groups is 1. The van der Waals surface area contributed by atoms with Crippen molar-refractivity contribution in [1.82, 2.24) is 40.0 Å². The summed E-state index contributed by atoms with van der Waals surface area (Å²) in [6.07, 6.45) is -11.2. The number of alkyl carbamates (subject to hydrolysis) is 1. The molecule has 22 heteroatoms. The van der Waals surface area contributed by atoms with E-state index in [9.17, 15) is 44.7 Å². The molecule has 1 atom stereocenters. The van der Waals surface area contributed by atoms with Crippen molar-refractivity contribution < 1.29 is 49.4 Å². The van der Waals surface area contributed by atoms with E-state index < -0.39 is 92.0 Å². The molecule has 0 aliphatic heterocycles. The molecule has 0 unspecified atom stereocenters. The first kappa shape index (κ1) is 41.3. The Morgan fingerprint density at radius 3 is 2.35 bits per heavy atom. The van der Waals surface area contributed by atoms with Gasteiger partial charge in [0.1, 0.15) is 24.2 Å². The molecule has 2 fully saturated rings. The summed E-state index contributed by atoms with van der Waals surface area (Å²) in [6.45, 7) is 0.422. The van der Waals surface area contributed by atoms with Crippen molar-refractivity contribution in [3.8, 4) is 16.9 Å².